The van der Waals surface area contributed by atoms with Crippen molar-refractivity contribution in [2.24, 2.45) is 5.10 Å². The molecule has 0 aliphatic rings. The molecule has 1 heterocycles. The molecule has 1 aromatic heterocycles. The number of hydrazone groups is 1. The lowest BCUT2D eigenvalue weighted by atomic mass is 10.1. The Balaban J connectivity index is 1.33. The molecular weight excluding hydrogens is 580 g/mol. The Kier molecular flexibility index (Phi) is 8.80. The van der Waals surface area contributed by atoms with Gasteiger partial charge in [0.05, 0.1) is 23.3 Å². The van der Waals surface area contributed by atoms with Gasteiger partial charge in [-0.3, -0.25) is 9.10 Å². The molecule has 1 amide bonds. The third-order valence-electron chi connectivity index (χ3n) is 7.17. The summed E-state index contributed by atoms with van der Waals surface area (Å²) in [4.78, 5) is 13.0. The molecule has 0 radical (unpaired) electrons. The largest absolute Gasteiger partial charge is 0.318 e. The van der Waals surface area contributed by atoms with Crippen molar-refractivity contribution in [3.63, 3.8) is 0 Å². The van der Waals surface area contributed by atoms with E-state index in [4.69, 9.17) is 11.6 Å². The highest BCUT2D eigenvalue weighted by molar-refractivity contribution is 7.92. The Morgan fingerprint density at radius 3 is 2.21 bits per heavy atom. The van der Waals surface area contributed by atoms with E-state index < -0.39 is 10.0 Å². The topological polar surface area (TPSA) is 83.8 Å². The van der Waals surface area contributed by atoms with E-state index in [9.17, 15) is 13.2 Å². The number of benzene rings is 4. The molecule has 9 heteroatoms. The van der Waals surface area contributed by atoms with E-state index in [1.54, 1.807) is 79.0 Å². The summed E-state index contributed by atoms with van der Waals surface area (Å²) in [6, 6.07) is 32.3. The van der Waals surface area contributed by atoms with Crippen LogP contribution in [0.25, 0.3) is 5.69 Å². The van der Waals surface area contributed by atoms with Crippen molar-refractivity contribution in [2.75, 3.05) is 4.31 Å². The van der Waals surface area contributed by atoms with Gasteiger partial charge < -0.3 is 4.57 Å². The van der Waals surface area contributed by atoms with Gasteiger partial charge in [-0.05, 0) is 86.5 Å². The van der Waals surface area contributed by atoms with E-state index in [0.29, 0.717) is 21.8 Å². The Bertz CT molecular complexity index is 1890. The minimum absolute atomic E-state index is 0.0511. The number of sulfonamides is 1. The van der Waals surface area contributed by atoms with Crippen LogP contribution in [0, 0.1) is 20.8 Å². The maximum Gasteiger partial charge on any atom is 0.271 e. The number of rotatable bonds is 9. The van der Waals surface area contributed by atoms with Crippen molar-refractivity contribution in [3.05, 3.63) is 148 Å². The molecule has 7 nitrogen and oxygen atoms in total. The number of nitrogens with zero attached hydrogens (tertiary/aromatic N) is 3. The second-order valence-corrected chi connectivity index (χ2v) is 12.4. The van der Waals surface area contributed by atoms with Crippen molar-refractivity contribution in [2.45, 2.75) is 32.2 Å². The number of hydrogen-bond donors (Lipinski definition) is 1. The minimum atomic E-state index is -3.90. The molecule has 4 aromatic carbocycles. The molecule has 218 valence electrons. The Morgan fingerprint density at radius 2 is 1.53 bits per heavy atom. The van der Waals surface area contributed by atoms with Crippen molar-refractivity contribution in [1.29, 1.82) is 0 Å². The van der Waals surface area contributed by atoms with Gasteiger partial charge in [0.15, 0.2) is 0 Å². The van der Waals surface area contributed by atoms with Crippen LogP contribution in [0.1, 0.15) is 38.4 Å². The fourth-order valence-corrected chi connectivity index (χ4v) is 6.61. The van der Waals surface area contributed by atoms with Gasteiger partial charge in [-0.15, -0.1) is 0 Å². The molecule has 0 saturated heterocycles. The third-order valence-corrected chi connectivity index (χ3v) is 9.18. The summed E-state index contributed by atoms with van der Waals surface area (Å²) in [5, 5.41) is 4.62. The number of halogens is 1. The van der Waals surface area contributed by atoms with E-state index in [-0.39, 0.29) is 17.3 Å². The lowest BCUT2D eigenvalue weighted by Crippen LogP contribution is -2.31. The first kappa shape index (κ1) is 29.8. The molecule has 5 aromatic rings. The number of aromatic nitrogens is 1. The van der Waals surface area contributed by atoms with Crippen molar-refractivity contribution in [3.8, 4) is 5.69 Å². The van der Waals surface area contributed by atoms with E-state index in [2.05, 4.69) is 15.1 Å². The lowest BCUT2D eigenvalue weighted by molar-refractivity contribution is 0.0955. The highest BCUT2D eigenvalue weighted by Crippen LogP contribution is 2.31. The third kappa shape index (κ3) is 6.56. The van der Waals surface area contributed by atoms with Crippen LogP contribution in [0.2, 0.25) is 5.02 Å². The molecule has 43 heavy (non-hydrogen) atoms. The molecule has 0 spiro atoms. The maximum absolute atomic E-state index is 13.7. The molecule has 0 bridgehead atoms. The SMILES string of the molecule is Cc1ccc(Cl)cc1N(Cc1ccc(C(=O)N/N=C\c2cc(C)n(-c3ccccc3)c2C)cc1)S(=O)(=O)c1ccccc1. The monoisotopic (exact) mass is 610 g/mol. The van der Waals surface area contributed by atoms with Crippen molar-refractivity contribution in [1.82, 2.24) is 9.99 Å². The number of para-hydroxylation sites is 1. The number of aryl methyl sites for hydroxylation is 2. The van der Waals surface area contributed by atoms with Gasteiger partial charge in [0, 0.05) is 33.2 Å². The zero-order valence-corrected chi connectivity index (χ0v) is 25.6. The van der Waals surface area contributed by atoms with E-state index in [1.807, 2.05) is 57.2 Å². The van der Waals surface area contributed by atoms with Crippen LogP contribution in [0.3, 0.4) is 0 Å². The van der Waals surface area contributed by atoms with Crippen LogP contribution < -0.4 is 9.73 Å². The van der Waals surface area contributed by atoms with Gasteiger partial charge in [-0.2, -0.15) is 5.10 Å². The molecule has 0 aliphatic carbocycles. The number of hydrogen-bond acceptors (Lipinski definition) is 4. The van der Waals surface area contributed by atoms with Crippen LogP contribution in [0.15, 0.2) is 119 Å². The average molecular weight is 611 g/mol. The number of anilines is 1. The molecule has 0 atom stereocenters. The molecule has 0 saturated carbocycles. The number of carbonyl (C=O) groups excluding carboxylic acids is 1. The summed E-state index contributed by atoms with van der Waals surface area (Å²) in [6.45, 7) is 5.92. The first-order chi connectivity index (χ1) is 20.6. The average Bonchev–Trinajstić information content (AvgIpc) is 3.30. The first-order valence-corrected chi connectivity index (χ1v) is 15.5. The van der Waals surface area contributed by atoms with Crippen LogP contribution in [-0.4, -0.2) is 25.1 Å². The zero-order chi connectivity index (χ0) is 30.6. The standard InChI is InChI=1S/C34H31ClN4O3S/c1-24-14-19-30(35)21-33(24)38(43(41,42)32-12-8-5-9-13-32)23-27-15-17-28(18-16-27)34(40)37-36-22-29-20-25(2)39(26(29)3)31-10-6-4-7-11-31/h4-22H,23H2,1-3H3,(H,37,40)/b36-22-. The van der Waals surface area contributed by atoms with E-state index in [0.717, 1.165) is 28.2 Å². The van der Waals surface area contributed by atoms with Gasteiger partial charge in [0.25, 0.3) is 15.9 Å². The molecule has 0 fully saturated rings. The number of amides is 1. The van der Waals surface area contributed by atoms with Crippen LogP contribution in [0.4, 0.5) is 5.69 Å². The second-order valence-electron chi connectivity index (χ2n) is 10.1. The quantitative estimate of drug-likeness (QED) is 0.141. The Labute approximate surface area is 257 Å². The molecule has 1 N–H and O–H groups in total. The lowest BCUT2D eigenvalue weighted by Gasteiger charge is -2.26. The Morgan fingerprint density at radius 1 is 0.884 bits per heavy atom. The maximum atomic E-state index is 13.7. The highest BCUT2D eigenvalue weighted by atomic mass is 35.5. The molecule has 0 unspecified atom stereocenters. The van der Waals surface area contributed by atoms with Crippen LogP contribution >= 0.6 is 11.6 Å². The fraction of sp³-hybridized carbons (Fsp3) is 0.118. The number of nitrogens with one attached hydrogen (secondary N) is 1. The van der Waals surface area contributed by atoms with E-state index >= 15 is 0 Å². The van der Waals surface area contributed by atoms with E-state index in [1.165, 1.54) is 4.31 Å². The predicted octanol–water partition coefficient (Wildman–Crippen LogP) is 7.22. The smallest absolute Gasteiger partial charge is 0.271 e. The first-order valence-electron chi connectivity index (χ1n) is 13.7. The summed E-state index contributed by atoms with van der Waals surface area (Å²) in [5.41, 5.74) is 8.96. The summed E-state index contributed by atoms with van der Waals surface area (Å²) in [7, 11) is -3.90. The summed E-state index contributed by atoms with van der Waals surface area (Å²) in [5.74, 6) is -0.376. The second kappa shape index (κ2) is 12.7. The summed E-state index contributed by atoms with van der Waals surface area (Å²) < 4.78 is 31.0. The van der Waals surface area contributed by atoms with Crippen LogP contribution in [-0.2, 0) is 16.6 Å². The molecular formula is C34H31ClN4O3S. The van der Waals surface area contributed by atoms with Gasteiger partial charge >= 0.3 is 0 Å². The summed E-state index contributed by atoms with van der Waals surface area (Å²) in [6.07, 6.45) is 1.63. The van der Waals surface area contributed by atoms with Crippen molar-refractivity contribution < 1.29 is 13.2 Å². The number of carbonyl (C=O) groups is 1. The molecule has 0 aliphatic heterocycles. The summed E-state index contributed by atoms with van der Waals surface area (Å²) >= 11 is 6.26. The van der Waals surface area contributed by atoms with Gasteiger partial charge in [-0.25, -0.2) is 13.8 Å². The fourth-order valence-electron chi connectivity index (χ4n) is 4.92. The highest BCUT2D eigenvalue weighted by Gasteiger charge is 2.26. The Hall–Kier alpha value is -4.66. The predicted molar refractivity (Wildman–Crippen MR) is 173 cm³/mol. The van der Waals surface area contributed by atoms with Gasteiger partial charge in [-0.1, -0.05) is 66.2 Å². The van der Waals surface area contributed by atoms with Crippen LogP contribution in [0.5, 0.6) is 0 Å². The van der Waals surface area contributed by atoms with Gasteiger partial charge in [0.1, 0.15) is 0 Å². The van der Waals surface area contributed by atoms with Crippen molar-refractivity contribution >= 4 is 39.4 Å². The normalized spacial score (nSPS) is 11.5. The van der Waals surface area contributed by atoms with Gasteiger partial charge in [0.2, 0.25) is 0 Å². The molecule has 5 rings (SSSR count). The zero-order valence-electron chi connectivity index (χ0n) is 24.0. The minimum Gasteiger partial charge on any atom is -0.318 e.